The van der Waals surface area contributed by atoms with Crippen molar-refractivity contribution in [3.63, 3.8) is 0 Å². The van der Waals surface area contributed by atoms with Crippen LogP contribution in [0.3, 0.4) is 0 Å². The van der Waals surface area contributed by atoms with Crippen LogP contribution < -0.4 is 4.74 Å². The molecule has 0 radical (unpaired) electrons. The van der Waals surface area contributed by atoms with Crippen LogP contribution in [0.1, 0.15) is 35.8 Å². The standard InChI is InChI=1S/C15H17BrOS/c1-10(2)13-5-4-12(8-11(13)3)17-9-15-14(16)6-7-18-15/h4-8,10H,9H2,1-3H3. The number of thiophene rings is 1. The van der Waals surface area contributed by atoms with E-state index in [-0.39, 0.29) is 0 Å². The molecule has 2 aromatic rings. The van der Waals surface area contributed by atoms with Crippen molar-refractivity contribution < 1.29 is 4.74 Å². The topological polar surface area (TPSA) is 9.23 Å². The van der Waals surface area contributed by atoms with Crippen LogP contribution in [0.4, 0.5) is 0 Å². The summed E-state index contributed by atoms with van der Waals surface area (Å²) in [6.07, 6.45) is 0. The third-order valence-corrected chi connectivity index (χ3v) is 4.82. The molecule has 0 atom stereocenters. The van der Waals surface area contributed by atoms with Crippen LogP contribution in [0.5, 0.6) is 5.75 Å². The Morgan fingerprint density at radius 2 is 2.06 bits per heavy atom. The number of benzene rings is 1. The minimum absolute atomic E-state index is 0.561. The highest BCUT2D eigenvalue weighted by Gasteiger charge is 2.06. The van der Waals surface area contributed by atoms with E-state index in [4.69, 9.17) is 4.74 Å². The Labute approximate surface area is 121 Å². The van der Waals surface area contributed by atoms with Gasteiger partial charge in [0.05, 0.1) is 4.88 Å². The van der Waals surface area contributed by atoms with Crippen LogP contribution in [0.15, 0.2) is 34.1 Å². The van der Waals surface area contributed by atoms with Gasteiger partial charge in [-0.1, -0.05) is 19.9 Å². The Kier molecular flexibility index (Phi) is 4.46. The molecule has 0 unspecified atom stereocenters. The lowest BCUT2D eigenvalue weighted by molar-refractivity contribution is 0.309. The van der Waals surface area contributed by atoms with Gasteiger partial charge in [0.2, 0.25) is 0 Å². The lowest BCUT2D eigenvalue weighted by Crippen LogP contribution is -1.96. The molecule has 1 nitrogen and oxygen atoms in total. The summed E-state index contributed by atoms with van der Waals surface area (Å²) in [6.45, 7) is 7.19. The third kappa shape index (κ3) is 3.15. The molecule has 0 saturated carbocycles. The van der Waals surface area contributed by atoms with Crippen molar-refractivity contribution in [1.82, 2.24) is 0 Å². The zero-order valence-electron chi connectivity index (χ0n) is 10.9. The third-order valence-electron chi connectivity index (χ3n) is 2.92. The fraction of sp³-hybridized carbons (Fsp3) is 0.333. The van der Waals surface area contributed by atoms with E-state index in [9.17, 15) is 0 Å². The molecule has 1 aromatic carbocycles. The Bertz CT molecular complexity index is 531. The van der Waals surface area contributed by atoms with Crippen molar-refractivity contribution in [2.75, 3.05) is 0 Å². The number of hydrogen-bond acceptors (Lipinski definition) is 2. The summed E-state index contributed by atoms with van der Waals surface area (Å²) in [4.78, 5) is 1.22. The highest BCUT2D eigenvalue weighted by molar-refractivity contribution is 9.10. The molecular formula is C15H17BrOS. The van der Waals surface area contributed by atoms with E-state index in [0.717, 1.165) is 10.2 Å². The second-order valence-electron chi connectivity index (χ2n) is 4.65. The van der Waals surface area contributed by atoms with Gasteiger partial charge in [-0.05, 0) is 63.5 Å². The van der Waals surface area contributed by atoms with E-state index in [0.29, 0.717) is 12.5 Å². The van der Waals surface area contributed by atoms with Gasteiger partial charge in [0.1, 0.15) is 12.4 Å². The van der Waals surface area contributed by atoms with Crippen LogP contribution in [-0.2, 0) is 6.61 Å². The predicted molar refractivity (Wildman–Crippen MR) is 81.6 cm³/mol. The smallest absolute Gasteiger partial charge is 0.124 e. The van der Waals surface area contributed by atoms with Gasteiger partial charge in [-0.25, -0.2) is 0 Å². The first kappa shape index (κ1) is 13.6. The van der Waals surface area contributed by atoms with Crippen LogP contribution in [0.2, 0.25) is 0 Å². The van der Waals surface area contributed by atoms with Gasteiger partial charge in [-0.3, -0.25) is 0 Å². The normalized spacial score (nSPS) is 10.9. The van der Waals surface area contributed by atoms with Gasteiger partial charge in [0.25, 0.3) is 0 Å². The molecule has 0 spiro atoms. The maximum absolute atomic E-state index is 5.83. The number of ether oxygens (including phenoxy) is 1. The molecule has 0 bridgehead atoms. The molecule has 18 heavy (non-hydrogen) atoms. The quantitative estimate of drug-likeness (QED) is 0.719. The summed E-state index contributed by atoms with van der Waals surface area (Å²) in [5.74, 6) is 1.50. The first-order valence-corrected chi connectivity index (χ1v) is 7.70. The number of aryl methyl sites for hydroxylation is 1. The van der Waals surface area contributed by atoms with E-state index in [2.05, 4.69) is 66.3 Å². The second-order valence-corrected chi connectivity index (χ2v) is 6.51. The minimum Gasteiger partial charge on any atom is -0.488 e. The maximum atomic E-state index is 5.83. The summed E-state index contributed by atoms with van der Waals surface area (Å²) < 4.78 is 6.95. The number of rotatable bonds is 4. The lowest BCUT2D eigenvalue weighted by atomic mass is 9.98. The average Bonchev–Trinajstić information content (AvgIpc) is 2.72. The number of halogens is 1. The van der Waals surface area contributed by atoms with E-state index >= 15 is 0 Å². The van der Waals surface area contributed by atoms with E-state index in [1.807, 2.05) is 0 Å². The highest BCUT2D eigenvalue weighted by Crippen LogP contribution is 2.27. The molecule has 0 aliphatic rings. The van der Waals surface area contributed by atoms with Gasteiger partial charge in [0, 0.05) is 4.47 Å². The summed E-state index contributed by atoms with van der Waals surface area (Å²) >= 11 is 5.22. The summed E-state index contributed by atoms with van der Waals surface area (Å²) in [6, 6.07) is 8.40. The summed E-state index contributed by atoms with van der Waals surface area (Å²) in [7, 11) is 0. The van der Waals surface area contributed by atoms with Crippen LogP contribution in [0, 0.1) is 6.92 Å². The molecule has 1 aromatic heterocycles. The number of hydrogen-bond donors (Lipinski definition) is 0. The molecule has 3 heteroatoms. The molecule has 0 saturated heterocycles. The maximum Gasteiger partial charge on any atom is 0.124 e. The van der Waals surface area contributed by atoms with Gasteiger partial charge in [0.15, 0.2) is 0 Å². The first-order valence-electron chi connectivity index (χ1n) is 6.03. The largest absolute Gasteiger partial charge is 0.488 e. The summed E-state index contributed by atoms with van der Waals surface area (Å²) in [5, 5.41) is 2.07. The fourth-order valence-corrected chi connectivity index (χ4v) is 3.34. The van der Waals surface area contributed by atoms with Crippen molar-refractivity contribution in [2.24, 2.45) is 0 Å². The molecule has 0 N–H and O–H groups in total. The molecule has 0 amide bonds. The predicted octanol–water partition coefficient (Wildman–Crippen LogP) is 5.52. The van der Waals surface area contributed by atoms with E-state index < -0.39 is 0 Å². The Balaban J connectivity index is 2.07. The average molecular weight is 325 g/mol. The highest BCUT2D eigenvalue weighted by atomic mass is 79.9. The molecule has 0 fully saturated rings. The molecular weight excluding hydrogens is 308 g/mol. The Morgan fingerprint density at radius 1 is 1.28 bits per heavy atom. The molecule has 96 valence electrons. The molecule has 0 aliphatic carbocycles. The van der Waals surface area contributed by atoms with Crippen molar-refractivity contribution in [2.45, 2.75) is 33.3 Å². The minimum atomic E-state index is 0.561. The van der Waals surface area contributed by atoms with Crippen molar-refractivity contribution in [1.29, 1.82) is 0 Å². The van der Waals surface area contributed by atoms with Crippen molar-refractivity contribution >= 4 is 27.3 Å². The SMILES string of the molecule is Cc1cc(OCc2sccc2Br)ccc1C(C)C. The van der Waals surface area contributed by atoms with Crippen LogP contribution >= 0.6 is 27.3 Å². The van der Waals surface area contributed by atoms with Crippen LogP contribution in [0.25, 0.3) is 0 Å². The molecule has 0 aliphatic heterocycles. The molecule has 1 heterocycles. The van der Waals surface area contributed by atoms with Crippen molar-refractivity contribution in [3.05, 3.63) is 50.1 Å². The van der Waals surface area contributed by atoms with E-state index in [1.54, 1.807) is 11.3 Å². The second kappa shape index (κ2) is 5.89. The van der Waals surface area contributed by atoms with Crippen molar-refractivity contribution in [3.8, 4) is 5.75 Å². The lowest BCUT2D eigenvalue weighted by Gasteiger charge is -2.12. The van der Waals surface area contributed by atoms with Crippen LogP contribution in [-0.4, -0.2) is 0 Å². The van der Waals surface area contributed by atoms with Gasteiger partial charge in [-0.15, -0.1) is 11.3 Å². The van der Waals surface area contributed by atoms with Gasteiger partial charge >= 0.3 is 0 Å². The zero-order valence-corrected chi connectivity index (χ0v) is 13.3. The van der Waals surface area contributed by atoms with Gasteiger partial charge < -0.3 is 4.74 Å². The van der Waals surface area contributed by atoms with Gasteiger partial charge in [-0.2, -0.15) is 0 Å². The zero-order chi connectivity index (χ0) is 13.1. The fourth-order valence-electron chi connectivity index (χ4n) is 1.96. The summed E-state index contributed by atoms with van der Waals surface area (Å²) in [5.41, 5.74) is 2.69. The monoisotopic (exact) mass is 324 g/mol. The Hall–Kier alpha value is -0.800. The first-order chi connectivity index (χ1) is 8.58. The molecule has 2 rings (SSSR count). The van der Waals surface area contributed by atoms with E-state index in [1.165, 1.54) is 16.0 Å². The Morgan fingerprint density at radius 3 is 2.61 bits per heavy atom.